The highest BCUT2D eigenvalue weighted by Gasteiger charge is 2.25. The summed E-state index contributed by atoms with van der Waals surface area (Å²) in [5.74, 6) is -0.0237. The summed E-state index contributed by atoms with van der Waals surface area (Å²) >= 11 is 8.89. The van der Waals surface area contributed by atoms with Crippen molar-refractivity contribution < 1.29 is 4.79 Å². The second kappa shape index (κ2) is 7.94. The zero-order chi connectivity index (χ0) is 15.7. The van der Waals surface area contributed by atoms with E-state index in [0.717, 1.165) is 39.3 Å². The first kappa shape index (κ1) is 18.7. The molecule has 2 N–H and O–H groups in total. The average Bonchev–Trinajstić information content (AvgIpc) is 3.07. The zero-order valence-corrected chi connectivity index (χ0v) is 16.1. The molecule has 1 fully saturated rings. The lowest BCUT2D eigenvalue weighted by Gasteiger charge is -2.30. The van der Waals surface area contributed by atoms with Gasteiger partial charge in [-0.3, -0.25) is 4.79 Å². The van der Waals surface area contributed by atoms with Crippen molar-refractivity contribution in [2.24, 2.45) is 0 Å². The van der Waals surface area contributed by atoms with Crippen molar-refractivity contribution in [2.75, 3.05) is 6.54 Å². The van der Waals surface area contributed by atoms with Crippen molar-refractivity contribution in [3.05, 3.63) is 27.0 Å². The van der Waals surface area contributed by atoms with E-state index in [-0.39, 0.29) is 24.4 Å². The van der Waals surface area contributed by atoms with Gasteiger partial charge in [-0.2, -0.15) is 0 Å². The van der Waals surface area contributed by atoms with E-state index in [9.17, 15) is 4.79 Å². The first-order valence-electron chi connectivity index (χ1n) is 7.32. The van der Waals surface area contributed by atoms with Gasteiger partial charge >= 0.3 is 0 Å². The van der Waals surface area contributed by atoms with Gasteiger partial charge in [0.2, 0.25) is 0 Å². The van der Waals surface area contributed by atoms with Crippen LogP contribution in [0.3, 0.4) is 0 Å². The fourth-order valence-corrected chi connectivity index (χ4v) is 4.68. The molecule has 23 heavy (non-hydrogen) atoms. The van der Waals surface area contributed by atoms with Crippen LogP contribution < -0.4 is 10.6 Å². The third kappa shape index (κ3) is 4.25. The van der Waals surface area contributed by atoms with Crippen molar-refractivity contribution in [3.63, 3.8) is 0 Å². The van der Waals surface area contributed by atoms with E-state index in [4.69, 9.17) is 11.6 Å². The van der Waals surface area contributed by atoms with Crippen LogP contribution in [-0.2, 0) is 0 Å². The van der Waals surface area contributed by atoms with E-state index >= 15 is 0 Å². The summed E-state index contributed by atoms with van der Waals surface area (Å²) in [5.41, 5.74) is 0.776. The number of hydrogen-bond acceptors (Lipinski definition) is 5. The Morgan fingerprint density at radius 2 is 2.22 bits per heavy atom. The number of aromatic nitrogens is 1. The summed E-state index contributed by atoms with van der Waals surface area (Å²) in [6.45, 7) is 5.02. The predicted octanol–water partition coefficient (Wildman–Crippen LogP) is 4.13. The van der Waals surface area contributed by atoms with E-state index in [1.165, 1.54) is 22.7 Å². The van der Waals surface area contributed by atoms with Crippen molar-refractivity contribution >= 4 is 52.6 Å². The van der Waals surface area contributed by atoms with Gasteiger partial charge < -0.3 is 10.6 Å². The summed E-state index contributed by atoms with van der Waals surface area (Å²) < 4.78 is 0.732. The molecule has 1 saturated heterocycles. The SMILES string of the molecule is Cc1nc(-c2ccc(Cl)s2)sc1C(=O)NC1CCCNC1C.Cl. The van der Waals surface area contributed by atoms with E-state index in [0.29, 0.717) is 10.9 Å². The summed E-state index contributed by atoms with van der Waals surface area (Å²) in [7, 11) is 0. The molecule has 0 aromatic carbocycles. The highest BCUT2D eigenvalue weighted by molar-refractivity contribution is 7.24. The molecule has 3 rings (SSSR count). The van der Waals surface area contributed by atoms with E-state index in [1.54, 1.807) is 0 Å². The number of nitrogens with one attached hydrogen (secondary N) is 2. The smallest absolute Gasteiger partial charge is 0.263 e. The van der Waals surface area contributed by atoms with E-state index in [2.05, 4.69) is 22.5 Å². The topological polar surface area (TPSA) is 54.0 Å². The summed E-state index contributed by atoms with van der Waals surface area (Å²) in [5, 5.41) is 7.40. The number of piperidine rings is 1. The third-order valence-corrected chi connectivity index (χ3v) is 6.42. The van der Waals surface area contributed by atoms with Gasteiger partial charge in [0.1, 0.15) is 9.88 Å². The zero-order valence-electron chi connectivity index (χ0n) is 12.9. The minimum atomic E-state index is -0.0237. The summed E-state index contributed by atoms with van der Waals surface area (Å²) in [6.07, 6.45) is 2.11. The molecule has 1 amide bonds. The van der Waals surface area contributed by atoms with Crippen molar-refractivity contribution in [1.82, 2.24) is 15.6 Å². The molecule has 2 aromatic rings. The predicted molar refractivity (Wildman–Crippen MR) is 100 cm³/mol. The normalized spacial score (nSPS) is 20.8. The molecule has 2 unspecified atom stereocenters. The van der Waals surface area contributed by atoms with Crippen LogP contribution in [0.1, 0.15) is 35.1 Å². The van der Waals surface area contributed by atoms with Gasteiger partial charge in [0.25, 0.3) is 5.91 Å². The Morgan fingerprint density at radius 3 is 2.87 bits per heavy atom. The summed E-state index contributed by atoms with van der Waals surface area (Å²) in [6, 6.07) is 4.29. The first-order valence-corrected chi connectivity index (χ1v) is 9.33. The number of amides is 1. The van der Waals surface area contributed by atoms with Crippen molar-refractivity contribution in [1.29, 1.82) is 0 Å². The monoisotopic (exact) mass is 391 g/mol. The highest BCUT2D eigenvalue weighted by Crippen LogP contribution is 2.34. The minimum Gasteiger partial charge on any atom is -0.347 e. The highest BCUT2D eigenvalue weighted by atomic mass is 35.5. The van der Waals surface area contributed by atoms with Crippen LogP contribution in [0.4, 0.5) is 0 Å². The van der Waals surface area contributed by atoms with Gasteiger partial charge in [-0.15, -0.1) is 35.1 Å². The number of aryl methyl sites for hydroxylation is 1. The lowest BCUT2D eigenvalue weighted by atomic mass is 10.00. The van der Waals surface area contributed by atoms with E-state index in [1.807, 2.05) is 19.1 Å². The quantitative estimate of drug-likeness (QED) is 0.826. The van der Waals surface area contributed by atoms with E-state index < -0.39 is 0 Å². The Labute approximate surface area is 155 Å². The standard InChI is InChI=1S/C15H18ClN3OS2.ClH/c1-8-10(4-3-7-17-8)19-14(20)13-9(2)18-15(22-13)11-5-6-12(16)21-11;/h5-6,8,10,17H,3-4,7H2,1-2H3,(H,19,20);1H. The molecular formula is C15H19Cl2N3OS2. The van der Waals surface area contributed by atoms with Gasteiger partial charge in [0.15, 0.2) is 0 Å². The first-order chi connectivity index (χ1) is 10.5. The van der Waals surface area contributed by atoms with Crippen LogP contribution in [0.5, 0.6) is 0 Å². The number of thiophene rings is 1. The molecule has 4 nitrogen and oxygen atoms in total. The van der Waals surface area contributed by atoms with Crippen LogP contribution in [0.25, 0.3) is 9.88 Å². The number of rotatable bonds is 3. The van der Waals surface area contributed by atoms with Crippen LogP contribution in [0, 0.1) is 6.92 Å². The molecule has 0 saturated carbocycles. The van der Waals surface area contributed by atoms with Gasteiger partial charge in [-0.1, -0.05) is 11.6 Å². The number of carbonyl (C=O) groups excluding carboxylic acids is 1. The fraction of sp³-hybridized carbons (Fsp3) is 0.467. The van der Waals surface area contributed by atoms with Crippen LogP contribution in [-0.4, -0.2) is 29.5 Å². The molecule has 0 bridgehead atoms. The van der Waals surface area contributed by atoms with Gasteiger partial charge in [-0.25, -0.2) is 4.98 Å². The molecule has 2 atom stereocenters. The summed E-state index contributed by atoms with van der Waals surface area (Å²) in [4.78, 5) is 18.8. The molecule has 1 aliphatic heterocycles. The Kier molecular flexibility index (Phi) is 6.45. The lowest BCUT2D eigenvalue weighted by molar-refractivity contribution is 0.0923. The Morgan fingerprint density at radius 1 is 1.43 bits per heavy atom. The average molecular weight is 392 g/mol. The van der Waals surface area contributed by atoms with Gasteiger partial charge in [0, 0.05) is 12.1 Å². The van der Waals surface area contributed by atoms with Crippen molar-refractivity contribution in [3.8, 4) is 9.88 Å². The van der Waals surface area contributed by atoms with Crippen LogP contribution in [0.15, 0.2) is 12.1 Å². The molecule has 3 heterocycles. The van der Waals surface area contributed by atoms with Crippen LogP contribution >= 0.6 is 46.7 Å². The minimum absolute atomic E-state index is 0. The lowest BCUT2D eigenvalue weighted by Crippen LogP contribution is -2.51. The molecule has 0 spiro atoms. The van der Waals surface area contributed by atoms with Gasteiger partial charge in [0.05, 0.1) is 14.9 Å². The number of carbonyl (C=O) groups is 1. The number of hydrogen-bond donors (Lipinski definition) is 2. The Balaban J connectivity index is 0.00000192. The largest absolute Gasteiger partial charge is 0.347 e. The molecule has 0 radical (unpaired) electrons. The van der Waals surface area contributed by atoms with Crippen LogP contribution in [0.2, 0.25) is 4.34 Å². The van der Waals surface area contributed by atoms with Crippen molar-refractivity contribution in [2.45, 2.75) is 38.8 Å². The second-order valence-electron chi connectivity index (χ2n) is 5.50. The maximum Gasteiger partial charge on any atom is 0.263 e. The number of nitrogens with zero attached hydrogens (tertiary/aromatic N) is 1. The number of thiazole rings is 1. The maximum absolute atomic E-state index is 12.5. The molecule has 0 aliphatic carbocycles. The molecular weight excluding hydrogens is 373 g/mol. The molecule has 1 aliphatic rings. The molecule has 2 aromatic heterocycles. The van der Waals surface area contributed by atoms with Gasteiger partial charge in [-0.05, 0) is 45.4 Å². The second-order valence-corrected chi connectivity index (χ2v) is 8.22. The Bertz CT molecular complexity index is 686. The number of halogens is 2. The Hall–Kier alpha value is -0.660. The molecule has 8 heteroatoms. The maximum atomic E-state index is 12.5. The molecule has 126 valence electrons. The third-order valence-electron chi connectivity index (χ3n) is 3.87. The fourth-order valence-electron chi connectivity index (χ4n) is 2.62.